The second-order valence-corrected chi connectivity index (χ2v) is 8.24. The molecule has 0 aromatic heterocycles. The van der Waals surface area contributed by atoms with Gasteiger partial charge >= 0.3 is 0 Å². The summed E-state index contributed by atoms with van der Waals surface area (Å²) in [7, 11) is 3.76. The standard InChI is InChI=1S/C23H24Cl2N2O4/c1-4-31-16-7-5-6-15(12-16)21(28)19-20(14-8-9-17(24)18(25)13-14)27(11-10-26(2)3)23(30)22(19)29/h5-9,12-13,20,28H,4,10-11H2,1-3H3/b21-19+. The number of amides is 1. The van der Waals surface area contributed by atoms with E-state index in [1.165, 1.54) is 4.90 Å². The molecule has 1 amide bonds. The molecule has 31 heavy (non-hydrogen) atoms. The molecular weight excluding hydrogens is 439 g/mol. The number of carbonyl (C=O) groups excluding carboxylic acids is 2. The number of aliphatic hydroxyl groups excluding tert-OH is 1. The SMILES string of the molecule is CCOc1cccc(/C(O)=C2\C(=O)C(=O)N(CCN(C)C)C2c2ccc(Cl)c(Cl)c2)c1. The summed E-state index contributed by atoms with van der Waals surface area (Å²) in [6.45, 7) is 3.17. The smallest absolute Gasteiger partial charge is 0.295 e. The largest absolute Gasteiger partial charge is 0.507 e. The molecule has 6 nitrogen and oxygen atoms in total. The van der Waals surface area contributed by atoms with Crippen molar-refractivity contribution in [3.05, 3.63) is 69.2 Å². The zero-order valence-corrected chi connectivity index (χ0v) is 19.1. The lowest BCUT2D eigenvalue weighted by Crippen LogP contribution is -2.35. The van der Waals surface area contributed by atoms with Gasteiger partial charge in [0.25, 0.3) is 11.7 Å². The molecule has 0 aliphatic carbocycles. The number of ketones is 1. The van der Waals surface area contributed by atoms with E-state index in [2.05, 4.69) is 0 Å². The molecule has 2 aromatic rings. The molecule has 1 aliphatic heterocycles. The number of aliphatic hydroxyl groups is 1. The summed E-state index contributed by atoms with van der Waals surface area (Å²) >= 11 is 12.3. The van der Waals surface area contributed by atoms with Gasteiger partial charge in [-0.05, 0) is 50.8 Å². The van der Waals surface area contributed by atoms with Gasteiger partial charge in [0.15, 0.2) is 0 Å². The molecular formula is C23H24Cl2N2O4. The molecule has 1 aliphatic rings. The van der Waals surface area contributed by atoms with Crippen molar-refractivity contribution in [2.45, 2.75) is 13.0 Å². The van der Waals surface area contributed by atoms with Gasteiger partial charge in [0.2, 0.25) is 0 Å². The summed E-state index contributed by atoms with van der Waals surface area (Å²) in [4.78, 5) is 29.3. The highest BCUT2D eigenvalue weighted by molar-refractivity contribution is 6.46. The van der Waals surface area contributed by atoms with Gasteiger partial charge in [0.05, 0.1) is 28.3 Å². The Labute approximate surface area is 191 Å². The first-order chi connectivity index (χ1) is 14.7. The summed E-state index contributed by atoms with van der Waals surface area (Å²) < 4.78 is 5.50. The normalized spacial score (nSPS) is 18.1. The van der Waals surface area contributed by atoms with Crippen LogP contribution in [0.25, 0.3) is 5.76 Å². The van der Waals surface area contributed by atoms with E-state index >= 15 is 0 Å². The topological polar surface area (TPSA) is 70.1 Å². The van der Waals surface area contributed by atoms with E-state index in [-0.39, 0.29) is 11.3 Å². The second-order valence-electron chi connectivity index (χ2n) is 7.43. The van der Waals surface area contributed by atoms with Crippen LogP contribution in [0.5, 0.6) is 5.75 Å². The van der Waals surface area contributed by atoms with E-state index in [4.69, 9.17) is 27.9 Å². The van der Waals surface area contributed by atoms with Crippen molar-refractivity contribution in [3.8, 4) is 5.75 Å². The van der Waals surface area contributed by atoms with Crippen LogP contribution < -0.4 is 4.74 Å². The van der Waals surface area contributed by atoms with E-state index in [9.17, 15) is 14.7 Å². The molecule has 0 radical (unpaired) electrons. The van der Waals surface area contributed by atoms with E-state index in [1.54, 1.807) is 42.5 Å². The van der Waals surface area contributed by atoms with Crippen LogP contribution in [0, 0.1) is 0 Å². The number of Topliss-reactive ketones (excluding diaryl/α,β-unsaturated/α-hetero) is 1. The highest BCUT2D eigenvalue weighted by Crippen LogP contribution is 2.41. The summed E-state index contributed by atoms with van der Waals surface area (Å²) in [5.74, 6) is -1.11. The number of likely N-dealkylation sites (N-methyl/N-ethyl adjacent to an activating group) is 1. The molecule has 1 saturated heterocycles. The predicted molar refractivity (Wildman–Crippen MR) is 122 cm³/mol. The van der Waals surface area contributed by atoms with E-state index < -0.39 is 17.7 Å². The first kappa shape index (κ1) is 23.1. The van der Waals surface area contributed by atoms with Gasteiger partial charge in [0, 0.05) is 18.7 Å². The number of benzene rings is 2. The van der Waals surface area contributed by atoms with Crippen LogP contribution in [0.3, 0.4) is 0 Å². The van der Waals surface area contributed by atoms with Gasteiger partial charge in [-0.25, -0.2) is 0 Å². The molecule has 1 heterocycles. The molecule has 2 aromatic carbocycles. The number of nitrogens with zero attached hydrogens (tertiary/aromatic N) is 2. The van der Waals surface area contributed by atoms with Crippen molar-refractivity contribution in [2.24, 2.45) is 0 Å². The Bertz CT molecular complexity index is 1040. The Morgan fingerprint density at radius 3 is 2.52 bits per heavy atom. The lowest BCUT2D eigenvalue weighted by Gasteiger charge is -2.26. The first-order valence-electron chi connectivity index (χ1n) is 9.86. The fourth-order valence-corrected chi connectivity index (χ4v) is 3.81. The summed E-state index contributed by atoms with van der Waals surface area (Å²) in [5, 5.41) is 11.8. The molecule has 0 saturated carbocycles. The number of likely N-dealkylation sites (tertiary alicyclic amines) is 1. The van der Waals surface area contributed by atoms with Crippen LogP contribution in [-0.2, 0) is 9.59 Å². The number of hydrogen-bond donors (Lipinski definition) is 1. The minimum atomic E-state index is -0.787. The van der Waals surface area contributed by atoms with E-state index in [1.807, 2.05) is 25.9 Å². The Balaban J connectivity index is 2.16. The third-order valence-corrected chi connectivity index (χ3v) is 5.74. The van der Waals surface area contributed by atoms with Crippen molar-refractivity contribution >= 4 is 40.7 Å². The van der Waals surface area contributed by atoms with Crippen molar-refractivity contribution in [2.75, 3.05) is 33.8 Å². The number of halogens is 2. The third-order valence-electron chi connectivity index (χ3n) is 5.01. The first-order valence-corrected chi connectivity index (χ1v) is 10.6. The summed E-state index contributed by atoms with van der Waals surface area (Å²) in [5.41, 5.74) is 0.993. The third kappa shape index (κ3) is 4.87. The lowest BCUT2D eigenvalue weighted by molar-refractivity contribution is -0.140. The molecule has 0 bridgehead atoms. The summed E-state index contributed by atoms with van der Waals surface area (Å²) in [6, 6.07) is 10.9. The van der Waals surface area contributed by atoms with E-state index in [0.29, 0.717) is 46.6 Å². The average Bonchev–Trinajstić information content (AvgIpc) is 2.99. The van der Waals surface area contributed by atoms with Crippen molar-refractivity contribution in [1.29, 1.82) is 0 Å². The molecule has 0 spiro atoms. The van der Waals surface area contributed by atoms with Gasteiger partial charge in [0.1, 0.15) is 11.5 Å². The monoisotopic (exact) mass is 462 g/mol. The van der Waals surface area contributed by atoms with Crippen LogP contribution in [0.2, 0.25) is 10.0 Å². The zero-order valence-electron chi connectivity index (χ0n) is 17.6. The molecule has 1 N–H and O–H groups in total. The van der Waals surface area contributed by atoms with Gasteiger partial charge in [-0.15, -0.1) is 0 Å². The number of ether oxygens (including phenoxy) is 1. The highest BCUT2D eigenvalue weighted by Gasteiger charge is 2.46. The molecule has 164 valence electrons. The number of carbonyl (C=O) groups is 2. The maximum absolute atomic E-state index is 13.0. The minimum absolute atomic E-state index is 0.00999. The zero-order chi connectivity index (χ0) is 22.7. The molecule has 1 atom stereocenters. The van der Waals surface area contributed by atoms with Crippen LogP contribution in [0.4, 0.5) is 0 Å². The quantitative estimate of drug-likeness (QED) is 0.375. The van der Waals surface area contributed by atoms with Crippen molar-refractivity contribution in [1.82, 2.24) is 9.80 Å². The Kier molecular flexibility index (Phi) is 7.26. The molecule has 3 rings (SSSR count). The average molecular weight is 463 g/mol. The van der Waals surface area contributed by atoms with Gasteiger partial charge in [-0.2, -0.15) is 0 Å². The van der Waals surface area contributed by atoms with E-state index in [0.717, 1.165) is 0 Å². The van der Waals surface area contributed by atoms with Crippen LogP contribution >= 0.6 is 23.2 Å². The van der Waals surface area contributed by atoms with Gasteiger partial charge in [-0.1, -0.05) is 41.4 Å². The van der Waals surface area contributed by atoms with Crippen molar-refractivity contribution < 1.29 is 19.4 Å². The second kappa shape index (κ2) is 9.73. The lowest BCUT2D eigenvalue weighted by atomic mass is 9.95. The Morgan fingerprint density at radius 1 is 1.13 bits per heavy atom. The van der Waals surface area contributed by atoms with Crippen LogP contribution in [-0.4, -0.2) is 60.4 Å². The molecule has 1 unspecified atom stereocenters. The van der Waals surface area contributed by atoms with Crippen molar-refractivity contribution in [3.63, 3.8) is 0 Å². The number of hydrogen-bond acceptors (Lipinski definition) is 5. The fourth-order valence-electron chi connectivity index (χ4n) is 3.50. The Morgan fingerprint density at radius 2 is 1.87 bits per heavy atom. The maximum Gasteiger partial charge on any atom is 0.295 e. The Hall–Kier alpha value is -2.54. The minimum Gasteiger partial charge on any atom is -0.507 e. The maximum atomic E-state index is 13.0. The molecule has 1 fully saturated rings. The number of rotatable bonds is 7. The van der Waals surface area contributed by atoms with Gasteiger partial charge in [-0.3, -0.25) is 9.59 Å². The molecule has 8 heteroatoms. The summed E-state index contributed by atoms with van der Waals surface area (Å²) in [6.07, 6.45) is 0. The van der Waals surface area contributed by atoms with Gasteiger partial charge < -0.3 is 19.6 Å². The van der Waals surface area contributed by atoms with Crippen LogP contribution in [0.1, 0.15) is 24.1 Å². The fraction of sp³-hybridized carbons (Fsp3) is 0.304. The predicted octanol–water partition coefficient (Wildman–Crippen LogP) is 4.38. The van der Waals surface area contributed by atoms with Crippen LogP contribution in [0.15, 0.2) is 48.0 Å². The highest BCUT2D eigenvalue weighted by atomic mass is 35.5.